The molecule has 0 bridgehead atoms. The van der Waals surface area contributed by atoms with E-state index in [-0.39, 0.29) is 10.8 Å². The van der Waals surface area contributed by atoms with Gasteiger partial charge in [-0.2, -0.15) is 8.78 Å². The van der Waals surface area contributed by atoms with Crippen molar-refractivity contribution in [1.82, 2.24) is 14.5 Å². The van der Waals surface area contributed by atoms with Crippen LogP contribution in [0.2, 0.25) is 23.2 Å². The fourth-order valence-corrected chi connectivity index (χ4v) is 7.34. The van der Waals surface area contributed by atoms with Crippen molar-refractivity contribution in [2.24, 2.45) is 0 Å². The molecule has 1 aliphatic heterocycles. The Kier molecular flexibility index (Phi) is 7.55. The Morgan fingerprint density at radius 3 is 2.34 bits per heavy atom. The molecule has 2 aromatic carbocycles. The summed E-state index contributed by atoms with van der Waals surface area (Å²) in [5, 5.41) is 12.2. The molecule has 4 aromatic rings. The molecule has 1 N–H and O–H groups in total. The van der Waals surface area contributed by atoms with Crippen LogP contribution in [0.4, 0.5) is 8.78 Å². The minimum Gasteiger partial charge on any atom is -0.434 e. The minimum atomic E-state index is -2.99. The van der Waals surface area contributed by atoms with Crippen molar-refractivity contribution in [3.8, 4) is 16.9 Å². The lowest BCUT2D eigenvalue weighted by atomic mass is 10.0. The van der Waals surface area contributed by atoms with Crippen LogP contribution >= 0.6 is 11.6 Å². The van der Waals surface area contributed by atoms with Crippen molar-refractivity contribution in [3.05, 3.63) is 77.0 Å². The van der Waals surface area contributed by atoms with Gasteiger partial charge in [0.05, 0.1) is 12.1 Å². The fourth-order valence-electron chi connectivity index (χ4n) is 5.38. The Morgan fingerprint density at radius 2 is 1.71 bits per heavy atom. The Morgan fingerprint density at radius 1 is 1.02 bits per heavy atom. The molecule has 2 aromatic heterocycles. The topological polar surface area (TPSA) is 69.4 Å². The van der Waals surface area contributed by atoms with Crippen LogP contribution in [0.3, 0.4) is 0 Å². The van der Waals surface area contributed by atoms with Gasteiger partial charge in [0, 0.05) is 51.6 Å². The zero-order valence-electron chi connectivity index (χ0n) is 24.4. The first-order chi connectivity index (χ1) is 19.1. The van der Waals surface area contributed by atoms with E-state index in [9.17, 15) is 13.9 Å². The maximum atomic E-state index is 13.2. The maximum absolute atomic E-state index is 13.2. The van der Waals surface area contributed by atoms with Gasteiger partial charge in [-0.3, -0.25) is 0 Å². The van der Waals surface area contributed by atoms with E-state index in [1.807, 2.05) is 42.7 Å². The smallest absolute Gasteiger partial charge is 0.387 e. The van der Waals surface area contributed by atoms with Gasteiger partial charge in [0.1, 0.15) is 11.4 Å². The van der Waals surface area contributed by atoms with E-state index in [0.29, 0.717) is 28.5 Å². The molecule has 0 saturated carbocycles. The highest BCUT2D eigenvalue weighted by Gasteiger charge is 2.43. The first-order valence-corrected chi connectivity index (χ1v) is 17.0. The zero-order valence-corrected chi connectivity index (χ0v) is 26.1. The number of hydrogen-bond donors (Lipinski definition) is 1. The first-order valence-electron chi connectivity index (χ1n) is 13.7. The van der Waals surface area contributed by atoms with Crippen LogP contribution < -0.4 is 4.74 Å². The molecular weight excluding hydrogens is 564 g/mol. The molecule has 0 saturated heterocycles. The normalized spacial score (nSPS) is 17.9. The van der Waals surface area contributed by atoms with Crippen LogP contribution in [0, 0.1) is 0 Å². The Labute approximate surface area is 245 Å². The number of aliphatic hydroxyl groups is 1. The van der Waals surface area contributed by atoms with E-state index in [1.54, 1.807) is 24.5 Å². The average molecular weight is 600 g/mol. The van der Waals surface area contributed by atoms with E-state index in [4.69, 9.17) is 30.7 Å². The lowest BCUT2D eigenvalue weighted by Crippen LogP contribution is -2.46. The molecule has 41 heavy (non-hydrogen) atoms. The number of aromatic nitrogens is 3. The number of benzene rings is 2. The summed E-state index contributed by atoms with van der Waals surface area (Å²) < 4.78 is 39.9. The summed E-state index contributed by atoms with van der Waals surface area (Å²) >= 11 is 6.52. The van der Waals surface area contributed by atoms with Crippen molar-refractivity contribution in [1.29, 1.82) is 0 Å². The van der Waals surface area contributed by atoms with Crippen LogP contribution in [-0.2, 0) is 10.0 Å². The number of rotatable bonds is 7. The number of hydrogen-bond acceptors (Lipinski definition) is 5. The second-order valence-electron chi connectivity index (χ2n) is 12.7. The predicted molar refractivity (Wildman–Crippen MR) is 160 cm³/mol. The number of aliphatic hydroxyl groups excluding tert-OH is 1. The summed E-state index contributed by atoms with van der Waals surface area (Å²) in [5.74, 6) is 0.617. The molecule has 1 aliphatic rings. The van der Waals surface area contributed by atoms with E-state index >= 15 is 0 Å². The van der Waals surface area contributed by atoms with Crippen LogP contribution in [-0.4, -0.2) is 34.6 Å². The summed E-state index contributed by atoms with van der Waals surface area (Å²) in [6, 6.07) is 12.1. The van der Waals surface area contributed by atoms with Crippen molar-refractivity contribution in [3.63, 3.8) is 0 Å². The van der Waals surface area contributed by atoms with Gasteiger partial charge in [0.25, 0.3) is 0 Å². The molecule has 0 radical (unpaired) electrons. The predicted octanol–water partition coefficient (Wildman–Crippen LogP) is 8.64. The number of ether oxygens (including phenoxy) is 1. The third kappa shape index (κ3) is 5.52. The van der Waals surface area contributed by atoms with E-state index in [0.717, 1.165) is 22.0 Å². The molecule has 3 heterocycles. The third-order valence-electron chi connectivity index (χ3n) is 8.37. The number of fused-ring (bicyclic) bond motifs is 3. The van der Waals surface area contributed by atoms with Crippen molar-refractivity contribution in [2.45, 2.75) is 83.5 Å². The quantitative estimate of drug-likeness (QED) is 0.215. The number of halogens is 3. The molecule has 218 valence electrons. The third-order valence-corrected chi connectivity index (χ3v) is 13.3. The number of alkyl halides is 2. The van der Waals surface area contributed by atoms with Gasteiger partial charge in [-0.25, -0.2) is 9.97 Å². The van der Waals surface area contributed by atoms with Crippen molar-refractivity contribution < 1.29 is 23.1 Å². The average Bonchev–Trinajstić information content (AvgIpc) is 3.39. The highest BCUT2D eigenvalue weighted by molar-refractivity contribution is 6.74. The molecule has 6 nitrogen and oxygen atoms in total. The molecule has 0 fully saturated rings. The van der Waals surface area contributed by atoms with E-state index in [2.05, 4.69) is 33.9 Å². The number of nitrogens with zero attached hydrogens (tertiary/aromatic N) is 3. The Bertz CT molecular complexity index is 1580. The van der Waals surface area contributed by atoms with Gasteiger partial charge in [-0.05, 0) is 61.8 Å². The van der Waals surface area contributed by atoms with Crippen molar-refractivity contribution >= 4 is 30.8 Å². The molecule has 5 rings (SSSR count). The van der Waals surface area contributed by atoms with Crippen LogP contribution in [0.5, 0.6) is 5.75 Å². The summed E-state index contributed by atoms with van der Waals surface area (Å²) in [5.41, 5.74) is 3.02. The maximum Gasteiger partial charge on any atom is 0.387 e. The molecule has 0 amide bonds. The summed E-state index contributed by atoms with van der Waals surface area (Å²) in [6.45, 7) is 12.1. The summed E-state index contributed by atoms with van der Waals surface area (Å²) in [7, 11) is -2.05. The van der Waals surface area contributed by atoms with Gasteiger partial charge in [-0.15, -0.1) is 0 Å². The van der Waals surface area contributed by atoms with Gasteiger partial charge < -0.3 is 18.8 Å². The Balaban J connectivity index is 1.52. The van der Waals surface area contributed by atoms with Gasteiger partial charge in [0.15, 0.2) is 14.1 Å². The molecule has 0 aliphatic carbocycles. The fraction of sp³-hybridized carbons (Fsp3) is 0.419. The lowest BCUT2D eigenvalue weighted by molar-refractivity contribution is -0.0507. The van der Waals surface area contributed by atoms with Gasteiger partial charge >= 0.3 is 6.61 Å². The summed E-state index contributed by atoms with van der Waals surface area (Å²) in [4.78, 5) is 9.39. The highest BCUT2D eigenvalue weighted by Crippen LogP contribution is 2.48. The lowest BCUT2D eigenvalue weighted by Gasteiger charge is -2.42. The van der Waals surface area contributed by atoms with Crippen LogP contribution in [0.15, 0.2) is 54.9 Å². The Hall–Kier alpha value is -2.85. The molecule has 1 unspecified atom stereocenters. The second kappa shape index (κ2) is 10.5. The van der Waals surface area contributed by atoms with Crippen LogP contribution in [0.1, 0.15) is 70.3 Å². The van der Waals surface area contributed by atoms with E-state index in [1.165, 1.54) is 6.07 Å². The molecule has 2 atom stereocenters. The largest absolute Gasteiger partial charge is 0.434 e. The van der Waals surface area contributed by atoms with Crippen LogP contribution in [0.25, 0.3) is 22.0 Å². The van der Waals surface area contributed by atoms with Gasteiger partial charge in [-0.1, -0.05) is 50.6 Å². The second-order valence-corrected chi connectivity index (χ2v) is 17.8. The SMILES string of the molecule is CC(C)(O[Si](C)(C)C(C)(C)C)c1ncc(-c2ccc3cc4n(c3c2)C(c2c(Cl)cccc2OC(F)F)C[C@@H]4O)cn1. The monoisotopic (exact) mass is 599 g/mol. The van der Waals surface area contributed by atoms with Crippen molar-refractivity contribution in [2.75, 3.05) is 0 Å². The molecular formula is C31H36ClF2N3O3Si. The zero-order chi connectivity index (χ0) is 29.9. The highest BCUT2D eigenvalue weighted by atomic mass is 35.5. The summed E-state index contributed by atoms with van der Waals surface area (Å²) in [6.07, 6.45) is 3.10. The molecule has 0 spiro atoms. The van der Waals surface area contributed by atoms with Gasteiger partial charge in [0.2, 0.25) is 0 Å². The standard InChI is InChI=1S/C31H36ClF2N3O3Si/c1-30(2,3)41(6,7)40-31(4,5)28-35-16-20(17-36-28)18-11-12-19-14-23-25(38)15-24(37(23)22(19)13-18)27-21(32)9-8-10-26(27)39-29(33)34/h8-14,16-17,24-25,29,38H,15H2,1-7H3/t24?,25-/m0/s1. The van der Waals surface area contributed by atoms with E-state index < -0.39 is 32.7 Å². The minimum absolute atomic E-state index is 0.00192. The molecule has 10 heteroatoms. The first kappa shape index (κ1) is 29.6.